The van der Waals surface area contributed by atoms with E-state index in [0.29, 0.717) is 32.3 Å². The lowest BCUT2D eigenvalue weighted by atomic mass is 10.1. The highest BCUT2D eigenvalue weighted by atomic mass is 79.9. The number of rotatable bonds is 9. The lowest BCUT2D eigenvalue weighted by molar-refractivity contribution is -0.394. The predicted molar refractivity (Wildman–Crippen MR) is 143 cm³/mol. The second-order valence-corrected chi connectivity index (χ2v) is 8.82. The zero-order chi connectivity index (χ0) is 27.2. The first-order valence-electron chi connectivity index (χ1n) is 11.2. The molecule has 2 heterocycles. The Morgan fingerprint density at radius 2 is 1.84 bits per heavy atom. The van der Waals surface area contributed by atoms with Gasteiger partial charge in [-0.15, -0.1) is 0 Å². The average molecular weight is 588 g/mol. The van der Waals surface area contributed by atoms with Crippen LogP contribution in [0, 0.1) is 27.2 Å². The third kappa shape index (κ3) is 6.27. The Bertz CT molecular complexity index is 1400. The number of aromatic nitrogens is 3. The first kappa shape index (κ1) is 26.6. The minimum Gasteiger partial charge on any atom is -0.490 e. The van der Waals surface area contributed by atoms with E-state index in [1.54, 1.807) is 0 Å². The van der Waals surface area contributed by atoms with Gasteiger partial charge in [0.2, 0.25) is 23.6 Å². The van der Waals surface area contributed by atoms with Crippen LogP contribution in [0.5, 0.6) is 5.75 Å². The first-order chi connectivity index (χ1) is 18.2. The second-order valence-electron chi connectivity index (χ2n) is 7.96. The Balaban J connectivity index is 1.66. The Kier molecular flexibility index (Phi) is 8.22. The van der Waals surface area contributed by atoms with Gasteiger partial charge in [0.05, 0.1) is 53.7 Å². The molecule has 4 rings (SSSR count). The lowest BCUT2D eigenvalue weighted by Gasteiger charge is -2.27. The van der Waals surface area contributed by atoms with Crippen LogP contribution < -0.4 is 20.4 Å². The van der Waals surface area contributed by atoms with Gasteiger partial charge in [-0.05, 0) is 40.5 Å². The highest BCUT2D eigenvalue weighted by Gasteiger charge is 2.24. The van der Waals surface area contributed by atoms with E-state index in [4.69, 9.17) is 9.47 Å². The number of nitro benzene ring substituents is 2. The fraction of sp³-hybridized carbons (Fsp3) is 0.273. The molecule has 0 unspecified atom stereocenters. The molecule has 1 aromatic heterocycles. The number of hydrogen-bond acceptors (Lipinski definition) is 13. The number of anilines is 4. The molecular weight excluding hydrogens is 566 g/mol. The Labute approximate surface area is 224 Å². The largest absolute Gasteiger partial charge is 0.490 e. The molecule has 16 heteroatoms. The number of non-ortho nitro benzene ring substituents is 1. The van der Waals surface area contributed by atoms with E-state index < -0.39 is 21.2 Å². The van der Waals surface area contributed by atoms with Gasteiger partial charge in [-0.2, -0.15) is 20.1 Å². The van der Waals surface area contributed by atoms with Crippen molar-refractivity contribution in [2.24, 2.45) is 5.10 Å². The van der Waals surface area contributed by atoms with E-state index in [1.165, 1.54) is 7.11 Å². The predicted octanol–water partition coefficient (Wildman–Crippen LogP) is 3.79. The quantitative estimate of drug-likeness (QED) is 0.210. The van der Waals surface area contributed by atoms with Crippen LogP contribution in [0.1, 0.15) is 11.1 Å². The number of ether oxygens (including phenoxy) is 2. The molecule has 3 aromatic rings. The molecule has 0 spiro atoms. The van der Waals surface area contributed by atoms with Gasteiger partial charge < -0.3 is 19.7 Å². The SMILES string of the molecule is COc1c(/C=N\Nc2nc(Nc3ccc(C)cc3Br)nc(N3CCOCC3)n2)cc([N+](=O)[O-])cc1[N+](=O)[O-]. The van der Waals surface area contributed by atoms with Gasteiger partial charge in [-0.25, -0.2) is 5.43 Å². The van der Waals surface area contributed by atoms with Crippen LogP contribution in [0.25, 0.3) is 0 Å². The van der Waals surface area contributed by atoms with E-state index in [0.717, 1.165) is 34.1 Å². The molecule has 38 heavy (non-hydrogen) atoms. The molecule has 1 fully saturated rings. The number of morpholine rings is 1. The normalized spacial score (nSPS) is 13.4. The lowest BCUT2D eigenvalue weighted by Crippen LogP contribution is -2.37. The number of hydrazone groups is 1. The average Bonchev–Trinajstić information content (AvgIpc) is 2.90. The zero-order valence-electron chi connectivity index (χ0n) is 20.3. The number of aryl methyl sites for hydroxylation is 1. The molecule has 1 saturated heterocycles. The van der Waals surface area contributed by atoms with Gasteiger partial charge in [0.1, 0.15) is 0 Å². The van der Waals surface area contributed by atoms with Gasteiger partial charge in [0.15, 0.2) is 0 Å². The summed E-state index contributed by atoms with van der Waals surface area (Å²) in [7, 11) is 1.22. The van der Waals surface area contributed by atoms with E-state index in [-0.39, 0.29) is 23.2 Å². The van der Waals surface area contributed by atoms with Crippen molar-refractivity contribution in [2.75, 3.05) is 49.1 Å². The zero-order valence-corrected chi connectivity index (χ0v) is 21.8. The number of nitrogens with zero attached hydrogens (tertiary/aromatic N) is 7. The van der Waals surface area contributed by atoms with Crippen LogP contribution >= 0.6 is 15.9 Å². The van der Waals surface area contributed by atoms with Gasteiger partial charge in [0.25, 0.3) is 5.69 Å². The standard InChI is InChI=1S/C22H22BrN9O6/c1-13-3-4-17(16(23)9-13)25-20-26-21(28-22(27-20)30-5-7-38-8-6-30)29-24-12-14-10-15(31(33)34)11-18(32(35)36)19(14)37-2/h3-4,9-12H,5-8H2,1-2H3,(H2,25,26,27,28,29)/b24-12-. The number of halogens is 1. The van der Waals surface area contributed by atoms with Crippen molar-refractivity contribution in [3.8, 4) is 5.75 Å². The Hall–Kier alpha value is -4.44. The van der Waals surface area contributed by atoms with Crippen LogP contribution in [0.2, 0.25) is 0 Å². The molecule has 1 aliphatic heterocycles. The van der Waals surface area contributed by atoms with Crippen molar-refractivity contribution in [1.29, 1.82) is 0 Å². The molecule has 0 bridgehead atoms. The third-order valence-corrected chi connectivity index (χ3v) is 6.01. The minimum absolute atomic E-state index is 0.0188. The number of nitro groups is 2. The molecule has 1 aliphatic rings. The van der Waals surface area contributed by atoms with Gasteiger partial charge in [-0.3, -0.25) is 20.2 Å². The summed E-state index contributed by atoms with van der Waals surface area (Å²) < 4.78 is 11.3. The minimum atomic E-state index is -0.766. The maximum absolute atomic E-state index is 11.4. The van der Waals surface area contributed by atoms with Crippen molar-refractivity contribution < 1.29 is 19.3 Å². The van der Waals surface area contributed by atoms with E-state index >= 15 is 0 Å². The summed E-state index contributed by atoms with van der Waals surface area (Å²) >= 11 is 3.52. The van der Waals surface area contributed by atoms with Crippen LogP contribution in [0.15, 0.2) is 39.9 Å². The first-order valence-corrected chi connectivity index (χ1v) is 12.0. The molecular formula is C22H22BrN9O6. The van der Waals surface area contributed by atoms with Crippen LogP contribution in [0.3, 0.4) is 0 Å². The third-order valence-electron chi connectivity index (χ3n) is 5.35. The number of benzene rings is 2. The monoisotopic (exact) mass is 587 g/mol. The van der Waals surface area contributed by atoms with Gasteiger partial charge in [0, 0.05) is 23.6 Å². The second kappa shape index (κ2) is 11.7. The van der Waals surface area contributed by atoms with E-state index in [2.05, 4.69) is 46.7 Å². The van der Waals surface area contributed by atoms with Crippen LogP contribution in [0.4, 0.5) is 34.9 Å². The maximum atomic E-state index is 11.4. The fourth-order valence-corrected chi connectivity index (χ4v) is 4.15. The van der Waals surface area contributed by atoms with Gasteiger partial charge >= 0.3 is 5.69 Å². The number of hydrogen-bond donors (Lipinski definition) is 2. The summed E-state index contributed by atoms with van der Waals surface area (Å²) in [6.07, 6.45) is 1.15. The van der Waals surface area contributed by atoms with Crippen molar-refractivity contribution in [3.05, 3.63) is 66.2 Å². The molecule has 2 N–H and O–H groups in total. The summed E-state index contributed by atoms with van der Waals surface area (Å²) in [5, 5.41) is 29.9. The highest BCUT2D eigenvalue weighted by Crippen LogP contribution is 2.34. The molecule has 15 nitrogen and oxygen atoms in total. The molecule has 0 radical (unpaired) electrons. The van der Waals surface area contributed by atoms with Crippen molar-refractivity contribution >= 4 is 57.1 Å². The van der Waals surface area contributed by atoms with E-state index in [9.17, 15) is 20.2 Å². The molecule has 2 aromatic carbocycles. The van der Waals surface area contributed by atoms with Crippen molar-refractivity contribution in [2.45, 2.75) is 6.92 Å². The van der Waals surface area contributed by atoms with Crippen molar-refractivity contribution in [1.82, 2.24) is 15.0 Å². The fourth-order valence-electron chi connectivity index (χ4n) is 3.56. The summed E-state index contributed by atoms with van der Waals surface area (Å²) in [5.41, 5.74) is 3.45. The van der Waals surface area contributed by atoms with Crippen molar-refractivity contribution in [3.63, 3.8) is 0 Å². The van der Waals surface area contributed by atoms with E-state index in [1.807, 2.05) is 30.0 Å². The molecule has 198 valence electrons. The van der Waals surface area contributed by atoms with Crippen LogP contribution in [-0.4, -0.2) is 64.4 Å². The van der Waals surface area contributed by atoms with Crippen LogP contribution in [-0.2, 0) is 4.74 Å². The number of methoxy groups -OCH3 is 1. The Morgan fingerprint density at radius 3 is 2.50 bits per heavy atom. The summed E-state index contributed by atoms with van der Waals surface area (Å²) in [5.74, 6) is 0.521. The summed E-state index contributed by atoms with van der Waals surface area (Å²) in [6.45, 7) is 4.16. The summed E-state index contributed by atoms with van der Waals surface area (Å²) in [6, 6.07) is 7.70. The molecule has 0 aliphatic carbocycles. The molecule has 0 amide bonds. The van der Waals surface area contributed by atoms with Gasteiger partial charge in [-0.1, -0.05) is 6.07 Å². The Morgan fingerprint density at radius 1 is 1.11 bits per heavy atom. The topological polar surface area (TPSA) is 183 Å². The highest BCUT2D eigenvalue weighted by molar-refractivity contribution is 9.10. The smallest absolute Gasteiger partial charge is 0.318 e. The number of nitrogens with one attached hydrogen (secondary N) is 2. The molecule has 0 atom stereocenters. The maximum Gasteiger partial charge on any atom is 0.318 e. The molecule has 0 saturated carbocycles. The summed E-state index contributed by atoms with van der Waals surface area (Å²) in [4.78, 5) is 36.4.